The van der Waals surface area contributed by atoms with Crippen molar-refractivity contribution in [2.45, 2.75) is 43.7 Å². The van der Waals surface area contributed by atoms with Gasteiger partial charge in [0.15, 0.2) is 29.6 Å². The van der Waals surface area contributed by atoms with E-state index in [0.29, 0.717) is 33.2 Å². The maximum Gasteiger partial charge on any atom is 0.257 e. The van der Waals surface area contributed by atoms with Gasteiger partial charge < -0.3 is 19.9 Å². The SMILES string of the molecule is C[C@H]1[C@@H](CSc2nnnn2-c2ccccc2)O[C@@H](c2ccc(-c3ccccc3CNC(=O)c3c(F)c(F)c(F)c(F)c3F)cc2)O[C@H]1c1ccc(CO)cc1. The van der Waals surface area contributed by atoms with Crippen LogP contribution in [0.15, 0.2) is 108 Å². The van der Waals surface area contributed by atoms with Crippen molar-refractivity contribution in [1.82, 2.24) is 25.5 Å². The van der Waals surface area contributed by atoms with Crippen LogP contribution in [0.2, 0.25) is 0 Å². The Labute approximate surface area is 316 Å². The van der Waals surface area contributed by atoms with E-state index in [-0.39, 0.29) is 31.3 Å². The summed E-state index contributed by atoms with van der Waals surface area (Å²) in [6.45, 7) is 1.69. The summed E-state index contributed by atoms with van der Waals surface area (Å²) in [5.74, 6) is -12.2. The number of carbonyl (C=O) groups is 1. The first kappa shape index (κ1) is 37.8. The maximum atomic E-state index is 14.3. The number of carbonyl (C=O) groups excluding carboxylic acids is 1. The number of rotatable bonds is 11. The number of tetrazole rings is 1. The zero-order chi connectivity index (χ0) is 38.6. The molecule has 0 spiro atoms. The molecule has 5 aromatic carbocycles. The van der Waals surface area contributed by atoms with Crippen molar-refractivity contribution in [2.75, 3.05) is 5.75 Å². The molecule has 1 aromatic heterocycles. The fourth-order valence-corrected chi connectivity index (χ4v) is 7.36. The molecule has 1 aliphatic heterocycles. The lowest BCUT2D eigenvalue weighted by atomic mass is 9.91. The van der Waals surface area contributed by atoms with Crippen LogP contribution >= 0.6 is 11.8 Å². The minimum absolute atomic E-state index is 0.0876. The van der Waals surface area contributed by atoms with Crippen LogP contribution in [-0.4, -0.2) is 43.1 Å². The van der Waals surface area contributed by atoms with Gasteiger partial charge in [-0.2, -0.15) is 4.68 Å². The summed E-state index contributed by atoms with van der Waals surface area (Å²) in [7, 11) is 0. The van der Waals surface area contributed by atoms with Gasteiger partial charge in [-0.05, 0) is 50.4 Å². The van der Waals surface area contributed by atoms with Crippen LogP contribution in [0.25, 0.3) is 16.8 Å². The molecule has 4 atom stereocenters. The van der Waals surface area contributed by atoms with Gasteiger partial charge in [-0.25, -0.2) is 22.0 Å². The van der Waals surface area contributed by atoms with Crippen molar-refractivity contribution in [3.05, 3.63) is 160 Å². The average Bonchev–Trinajstić information content (AvgIpc) is 3.70. The van der Waals surface area contributed by atoms with Gasteiger partial charge in [-0.15, -0.1) is 5.10 Å². The highest BCUT2D eigenvalue weighted by atomic mass is 32.2. The van der Waals surface area contributed by atoms with E-state index in [2.05, 4.69) is 27.8 Å². The number of amides is 1. The lowest BCUT2D eigenvalue weighted by Gasteiger charge is -2.41. The van der Waals surface area contributed by atoms with E-state index in [1.165, 1.54) is 11.8 Å². The number of benzene rings is 5. The van der Waals surface area contributed by atoms with Gasteiger partial charge in [0.05, 0.1) is 24.5 Å². The van der Waals surface area contributed by atoms with E-state index in [1.54, 1.807) is 28.9 Å². The van der Waals surface area contributed by atoms with E-state index in [9.17, 15) is 31.9 Å². The molecule has 0 unspecified atom stereocenters. The summed E-state index contributed by atoms with van der Waals surface area (Å²) >= 11 is 1.46. The Morgan fingerprint density at radius 2 is 1.44 bits per heavy atom. The first-order valence-electron chi connectivity index (χ1n) is 17.1. The predicted molar refractivity (Wildman–Crippen MR) is 192 cm³/mol. The van der Waals surface area contributed by atoms with Crippen molar-refractivity contribution < 1.29 is 41.3 Å². The third-order valence-electron chi connectivity index (χ3n) is 9.33. The number of thioether (sulfide) groups is 1. The molecule has 1 fully saturated rings. The molecule has 7 rings (SSSR count). The third-order valence-corrected chi connectivity index (χ3v) is 10.3. The average molecular weight is 774 g/mol. The molecular weight excluding hydrogens is 742 g/mol. The summed E-state index contributed by atoms with van der Waals surface area (Å²) in [6.07, 6.45) is -1.46. The Hall–Kier alpha value is -5.48. The second kappa shape index (κ2) is 16.5. The van der Waals surface area contributed by atoms with Crippen LogP contribution in [0, 0.1) is 35.0 Å². The highest BCUT2D eigenvalue weighted by molar-refractivity contribution is 7.99. The lowest BCUT2D eigenvalue weighted by molar-refractivity contribution is -0.268. The molecular formula is C40H32F5N5O4S. The Kier molecular flexibility index (Phi) is 11.3. The first-order valence-corrected chi connectivity index (χ1v) is 18.1. The predicted octanol–water partition coefficient (Wildman–Crippen LogP) is 8.03. The second-order valence-electron chi connectivity index (χ2n) is 12.7. The zero-order valence-electron chi connectivity index (χ0n) is 29.0. The molecule has 282 valence electrons. The maximum absolute atomic E-state index is 14.3. The Balaban J connectivity index is 1.11. The number of hydrogen-bond acceptors (Lipinski definition) is 8. The minimum Gasteiger partial charge on any atom is -0.392 e. The van der Waals surface area contributed by atoms with E-state index in [0.717, 1.165) is 16.8 Å². The van der Waals surface area contributed by atoms with Gasteiger partial charge in [0, 0.05) is 23.8 Å². The highest BCUT2D eigenvalue weighted by Crippen LogP contribution is 2.43. The van der Waals surface area contributed by atoms with E-state index in [4.69, 9.17) is 9.47 Å². The number of nitrogens with one attached hydrogen (secondary N) is 1. The lowest BCUT2D eigenvalue weighted by Crippen LogP contribution is -2.38. The number of aliphatic hydroxyl groups is 1. The van der Waals surface area contributed by atoms with Gasteiger partial charge >= 0.3 is 0 Å². The number of aliphatic hydroxyl groups excluding tert-OH is 1. The van der Waals surface area contributed by atoms with Crippen LogP contribution in [-0.2, 0) is 22.6 Å². The summed E-state index contributed by atoms with van der Waals surface area (Å²) in [6, 6.07) is 31.3. The van der Waals surface area contributed by atoms with E-state index in [1.807, 2.05) is 78.9 Å². The Morgan fingerprint density at radius 3 is 2.13 bits per heavy atom. The Bertz CT molecular complexity index is 2270. The highest BCUT2D eigenvalue weighted by Gasteiger charge is 2.39. The summed E-state index contributed by atoms with van der Waals surface area (Å²) < 4.78 is 84.4. The van der Waals surface area contributed by atoms with Gasteiger partial charge in [-0.3, -0.25) is 4.79 Å². The smallest absolute Gasteiger partial charge is 0.257 e. The fourth-order valence-electron chi connectivity index (χ4n) is 6.31. The van der Waals surface area contributed by atoms with E-state index >= 15 is 0 Å². The molecule has 0 aliphatic carbocycles. The standard InChI is InChI=1S/C40H32F5N5O4S/c1-22-30(21-55-40-47-48-49-50(40)28-8-3-2-4-9-28)53-39(54-37(22)25-13-11-23(20-51)12-14-25)26-17-15-24(16-18-26)29-10-6-5-7-27(29)19-46-38(52)31-32(41)34(43)36(45)35(44)33(31)42/h2-18,22,30,37,39,51H,19-21H2,1H3,(H,46,52)/t22-,30+,37+,39+/m0/s1. The molecule has 2 N–H and O–H groups in total. The first-order chi connectivity index (χ1) is 26.6. The monoisotopic (exact) mass is 773 g/mol. The number of ether oxygens (including phenoxy) is 2. The van der Waals surface area contributed by atoms with Crippen molar-refractivity contribution in [3.63, 3.8) is 0 Å². The summed E-state index contributed by atoms with van der Waals surface area (Å²) in [5.41, 5.74) is 3.55. The molecule has 0 bridgehead atoms. The molecule has 0 radical (unpaired) electrons. The van der Waals surface area contributed by atoms with Gasteiger partial charge in [-0.1, -0.05) is 110 Å². The quantitative estimate of drug-likeness (QED) is 0.0590. The molecule has 9 nitrogen and oxygen atoms in total. The van der Waals surface area contributed by atoms with Crippen molar-refractivity contribution in [3.8, 4) is 16.8 Å². The number of halogens is 5. The zero-order valence-corrected chi connectivity index (χ0v) is 29.8. The fraction of sp³-hybridized carbons (Fsp3) is 0.200. The third kappa shape index (κ3) is 7.87. The Morgan fingerprint density at radius 1 is 0.800 bits per heavy atom. The topological polar surface area (TPSA) is 111 Å². The molecule has 15 heteroatoms. The molecule has 1 aliphatic rings. The molecule has 55 heavy (non-hydrogen) atoms. The molecule has 2 heterocycles. The summed E-state index contributed by atoms with van der Waals surface area (Å²) in [4.78, 5) is 12.7. The largest absolute Gasteiger partial charge is 0.392 e. The van der Waals surface area contributed by atoms with Gasteiger partial charge in [0.1, 0.15) is 5.56 Å². The van der Waals surface area contributed by atoms with E-state index < -0.39 is 46.8 Å². The number of para-hydroxylation sites is 1. The number of aromatic nitrogens is 4. The van der Waals surface area contributed by atoms with Crippen LogP contribution < -0.4 is 5.32 Å². The molecule has 0 saturated carbocycles. The second-order valence-corrected chi connectivity index (χ2v) is 13.7. The number of hydrogen-bond donors (Lipinski definition) is 2. The van der Waals surface area contributed by atoms with Crippen LogP contribution in [0.5, 0.6) is 0 Å². The number of nitrogens with zero attached hydrogens (tertiary/aromatic N) is 4. The van der Waals surface area contributed by atoms with Crippen LogP contribution in [0.4, 0.5) is 22.0 Å². The molecule has 1 amide bonds. The van der Waals surface area contributed by atoms with Crippen molar-refractivity contribution in [2.24, 2.45) is 5.92 Å². The van der Waals surface area contributed by atoms with Crippen molar-refractivity contribution >= 4 is 17.7 Å². The summed E-state index contributed by atoms with van der Waals surface area (Å²) in [5, 5.41) is 24.7. The molecule has 6 aromatic rings. The molecule has 1 saturated heterocycles. The van der Waals surface area contributed by atoms with Gasteiger partial charge in [0.25, 0.3) is 5.91 Å². The van der Waals surface area contributed by atoms with Crippen LogP contribution in [0.1, 0.15) is 51.9 Å². The minimum atomic E-state index is -2.35. The van der Waals surface area contributed by atoms with Crippen molar-refractivity contribution in [1.29, 1.82) is 0 Å². The van der Waals surface area contributed by atoms with Crippen LogP contribution in [0.3, 0.4) is 0 Å². The van der Waals surface area contributed by atoms with Gasteiger partial charge in [0.2, 0.25) is 11.0 Å². The normalized spacial score (nSPS) is 18.3.